The smallest absolute Gasteiger partial charge is 0.242 e. The molecule has 0 aliphatic carbocycles. The molecule has 0 aliphatic rings. The number of aromatic hydroxyl groups is 1. The maximum Gasteiger partial charge on any atom is 0.242 e. The van der Waals surface area contributed by atoms with Gasteiger partial charge in [-0.2, -0.15) is 0 Å². The van der Waals surface area contributed by atoms with Gasteiger partial charge in [0, 0.05) is 11.9 Å². The van der Waals surface area contributed by atoms with Crippen LogP contribution in [-0.2, 0) is 14.6 Å². The Morgan fingerprint density at radius 3 is 2.47 bits per heavy atom. The van der Waals surface area contributed by atoms with Gasteiger partial charge in [0.15, 0.2) is 9.84 Å². The summed E-state index contributed by atoms with van der Waals surface area (Å²) >= 11 is 0. The van der Waals surface area contributed by atoms with Crippen LogP contribution in [0.3, 0.4) is 0 Å². The molecule has 0 saturated carbocycles. The average Bonchev–Trinajstić information content (AvgIpc) is 2.21. The second kappa shape index (κ2) is 4.75. The van der Waals surface area contributed by atoms with Crippen LogP contribution in [0, 0.1) is 6.92 Å². The second-order valence-electron chi connectivity index (χ2n) is 3.96. The molecule has 6 heteroatoms. The number of benzene rings is 1. The highest BCUT2D eigenvalue weighted by Gasteiger charge is 2.23. The van der Waals surface area contributed by atoms with E-state index in [1.54, 1.807) is 13.0 Å². The Kier molecular flexibility index (Phi) is 3.77. The minimum absolute atomic E-state index is 0.124. The predicted octanol–water partition coefficient (Wildman–Crippen LogP) is 1.07. The molecular formula is C11H15NO4S. The largest absolute Gasteiger partial charge is 0.508 e. The van der Waals surface area contributed by atoms with E-state index in [2.05, 4.69) is 5.32 Å². The molecule has 0 bridgehead atoms. The molecule has 1 amide bonds. The number of hydrogen-bond acceptors (Lipinski definition) is 4. The number of aryl methyl sites for hydroxylation is 1. The first-order valence-corrected chi connectivity index (χ1v) is 6.96. The average molecular weight is 257 g/mol. The van der Waals surface area contributed by atoms with Gasteiger partial charge in [-0.15, -0.1) is 0 Å². The van der Waals surface area contributed by atoms with E-state index < -0.39 is 21.0 Å². The van der Waals surface area contributed by atoms with Crippen molar-refractivity contribution in [1.82, 2.24) is 0 Å². The van der Waals surface area contributed by atoms with Crippen LogP contribution in [0.2, 0.25) is 0 Å². The molecular weight excluding hydrogens is 242 g/mol. The Bertz CT molecular complexity index is 536. The van der Waals surface area contributed by atoms with Crippen molar-refractivity contribution in [2.24, 2.45) is 0 Å². The predicted molar refractivity (Wildman–Crippen MR) is 65.8 cm³/mol. The fraction of sp³-hybridized carbons (Fsp3) is 0.364. The summed E-state index contributed by atoms with van der Waals surface area (Å²) in [5.41, 5.74) is 1.07. The third kappa shape index (κ3) is 3.45. The van der Waals surface area contributed by atoms with Gasteiger partial charge in [0.05, 0.1) is 0 Å². The number of phenolic OH excluding ortho intramolecular Hbond substituents is 1. The summed E-state index contributed by atoms with van der Waals surface area (Å²) in [7, 11) is -3.40. The summed E-state index contributed by atoms with van der Waals surface area (Å²) in [4.78, 5) is 11.6. The standard InChI is InChI=1S/C11H15NO4S/c1-7-6-9(4-5-10(7)13)12-11(14)8(2)17(3,15)16/h4-6,8,13H,1-3H3,(H,12,14). The van der Waals surface area contributed by atoms with E-state index in [0.717, 1.165) is 6.26 Å². The van der Waals surface area contributed by atoms with Gasteiger partial charge in [0.25, 0.3) is 0 Å². The molecule has 1 aromatic carbocycles. The number of hydrogen-bond donors (Lipinski definition) is 2. The Morgan fingerprint density at radius 2 is 2.00 bits per heavy atom. The summed E-state index contributed by atoms with van der Waals surface area (Å²) in [6, 6.07) is 4.52. The Labute approximate surface area is 100 Å². The molecule has 0 fully saturated rings. The lowest BCUT2D eigenvalue weighted by Gasteiger charge is -2.11. The highest BCUT2D eigenvalue weighted by molar-refractivity contribution is 7.92. The van der Waals surface area contributed by atoms with Crippen LogP contribution in [0.4, 0.5) is 5.69 Å². The normalized spacial score (nSPS) is 13.1. The number of anilines is 1. The summed E-state index contributed by atoms with van der Waals surface area (Å²) < 4.78 is 22.4. The van der Waals surface area contributed by atoms with E-state index in [0.29, 0.717) is 11.3 Å². The topological polar surface area (TPSA) is 83.5 Å². The van der Waals surface area contributed by atoms with Crippen LogP contribution < -0.4 is 5.32 Å². The first-order valence-electron chi connectivity index (χ1n) is 5.01. The number of sulfone groups is 1. The zero-order chi connectivity index (χ0) is 13.2. The van der Waals surface area contributed by atoms with Crippen LogP contribution in [0.25, 0.3) is 0 Å². The van der Waals surface area contributed by atoms with E-state index in [9.17, 15) is 18.3 Å². The molecule has 1 unspecified atom stereocenters. The van der Waals surface area contributed by atoms with Gasteiger partial charge in [-0.1, -0.05) is 0 Å². The van der Waals surface area contributed by atoms with Crippen molar-refractivity contribution in [3.05, 3.63) is 23.8 Å². The first-order chi connectivity index (χ1) is 7.71. The van der Waals surface area contributed by atoms with Crippen molar-refractivity contribution in [3.63, 3.8) is 0 Å². The lowest BCUT2D eigenvalue weighted by atomic mass is 10.2. The molecule has 17 heavy (non-hydrogen) atoms. The van der Waals surface area contributed by atoms with Gasteiger partial charge >= 0.3 is 0 Å². The van der Waals surface area contributed by atoms with E-state index in [-0.39, 0.29) is 5.75 Å². The highest BCUT2D eigenvalue weighted by atomic mass is 32.2. The Hall–Kier alpha value is -1.56. The zero-order valence-electron chi connectivity index (χ0n) is 9.89. The van der Waals surface area contributed by atoms with Crippen LogP contribution in [0.1, 0.15) is 12.5 Å². The minimum atomic E-state index is -3.40. The lowest BCUT2D eigenvalue weighted by Crippen LogP contribution is -2.31. The van der Waals surface area contributed by atoms with Gasteiger partial charge in [0.1, 0.15) is 11.0 Å². The molecule has 0 radical (unpaired) electrons. The fourth-order valence-corrected chi connectivity index (χ4v) is 1.62. The lowest BCUT2D eigenvalue weighted by molar-refractivity contribution is -0.115. The highest BCUT2D eigenvalue weighted by Crippen LogP contribution is 2.20. The number of phenols is 1. The van der Waals surface area contributed by atoms with Crippen molar-refractivity contribution in [2.45, 2.75) is 19.1 Å². The maximum atomic E-state index is 11.6. The van der Waals surface area contributed by atoms with Gasteiger partial charge in [-0.25, -0.2) is 8.42 Å². The Balaban J connectivity index is 2.85. The first kappa shape index (κ1) is 13.5. The van der Waals surface area contributed by atoms with Crippen molar-refractivity contribution in [1.29, 1.82) is 0 Å². The van der Waals surface area contributed by atoms with Crippen LogP contribution >= 0.6 is 0 Å². The summed E-state index contributed by atoms with van der Waals surface area (Å²) in [5.74, 6) is -0.461. The molecule has 1 aromatic rings. The SMILES string of the molecule is Cc1cc(NC(=O)C(C)S(C)(=O)=O)ccc1O. The molecule has 0 spiro atoms. The number of carbonyl (C=O) groups excluding carboxylic acids is 1. The van der Waals surface area contributed by atoms with Crippen molar-refractivity contribution in [2.75, 3.05) is 11.6 Å². The van der Waals surface area contributed by atoms with Gasteiger partial charge < -0.3 is 10.4 Å². The molecule has 0 heterocycles. The van der Waals surface area contributed by atoms with Gasteiger partial charge in [0.2, 0.25) is 5.91 Å². The number of rotatable bonds is 3. The third-order valence-corrected chi connectivity index (χ3v) is 3.97. The second-order valence-corrected chi connectivity index (χ2v) is 6.33. The fourth-order valence-electron chi connectivity index (χ4n) is 1.17. The van der Waals surface area contributed by atoms with Crippen LogP contribution in [-0.4, -0.2) is 30.9 Å². The molecule has 1 atom stereocenters. The zero-order valence-corrected chi connectivity index (χ0v) is 10.7. The summed E-state index contributed by atoms with van der Waals surface area (Å²) in [6.07, 6.45) is 1.01. The molecule has 0 aromatic heterocycles. The van der Waals surface area contributed by atoms with E-state index in [4.69, 9.17) is 0 Å². The van der Waals surface area contributed by atoms with Crippen LogP contribution in [0.15, 0.2) is 18.2 Å². The monoisotopic (exact) mass is 257 g/mol. The minimum Gasteiger partial charge on any atom is -0.508 e. The maximum absolute atomic E-state index is 11.6. The molecule has 94 valence electrons. The van der Waals surface area contributed by atoms with E-state index in [1.165, 1.54) is 19.1 Å². The molecule has 0 saturated heterocycles. The molecule has 2 N–H and O–H groups in total. The number of nitrogens with one attached hydrogen (secondary N) is 1. The summed E-state index contributed by atoms with van der Waals surface area (Å²) in [5, 5.41) is 10.7. The quantitative estimate of drug-likeness (QED) is 0.793. The molecule has 5 nitrogen and oxygen atoms in total. The Morgan fingerprint density at radius 1 is 1.41 bits per heavy atom. The van der Waals surface area contributed by atoms with Crippen molar-refractivity contribution in [3.8, 4) is 5.75 Å². The third-order valence-electron chi connectivity index (χ3n) is 2.48. The van der Waals surface area contributed by atoms with Crippen molar-refractivity contribution >= 4 is 21.4 Å². The summed E-state index contributed by atoms with van der Waals surface area (Å²) in [6.45, 7) is 3.02. The van der Waals surface area contributed by atoms with Crippen LogP contribution in [0.5, 0.6) is 5.75 Å². The van der Waals surface area contributed by atoms with Gasteiger partial charge in [-0.05, 0) is 37.6 Å². The van der Waals surface area contributed by atoms with E-state index >= 15 is 0 Å². The molecule has 1 rings (SSSR count). The van der Waals surface area contributed by atoms with E-state index in [1.807, 2.05) is 0 Å². The van der Waals surface area contributed by atoms with Crippen molar-refractivity contribution < 1.29 is 18.3 Å². The number of carbonyl (C=O) groups is 1. The molecule has 0 aliphatic heterocycles. The number of amides is 1. The van der Waals surface area contributed by atoms with Gasteiger partial charge in [-0.3, -0.25) is 4.79 Å².